The van der Waals surface area contributed by atoms with E-state index in [9.17, 15) is 19.2 Å². The van der Waals surface area contributed by atoms with Crippen molar-refractivity contribution in [2.24, 2.45) is 0 Å². The van der Waals surface area contributed by atoms with Crippen molar-refractivity contribution in [2.45, 2.75) is 38.5 Å². The number of nitrogens with one attached hydrogen (secondary N) is 2. The van der Waals surface area contributed by atoms with Gasteiger partial charge in [0.2, 0.25) is 17.7 Å². The van der Waals surface area contributed by atoms with Gasteiger partial charge in [-0.25, -0.2) is 0 Å². The van der Waals surface area contributed by atoms with E-state index in [2.05, 4.69) is 10.6 Å². The van der Waals surface area contributed by atoms with E-state index in [-0.39, 0.29) is 30.7 Å². The zero-order valence-corrected chi connectivity index (χ0v) is 15.2. The van der Waals surface area contributed by atoms with Gasteiger partial charge in [0.25, 0.3) is 0 Å². The summed E-state index contributed by atoms with van der Waals surface area (Å²) in [6.07, 6.45) is 4.48. The van der Waals surface area contributed by atoms with Crippen LogP contribution in [0.15, 0.2) is 24.3 Å². The van der Waals surface area contributed by atoms with Gasteiger partial charge in [-0.3, -0.25) is 19.2 Å². The molecule has 1 saturated heterocycles. The lowest BCUT2D eigenvalue weighted by Crippen LogP contribution is -2.39. The molecule has 1 aliphatic heterocycles. The van der Waals surface area contributed by atoms with Crippen LogP contribution < -0.4 is 10.6 Å². The van der Waals surface area contributed by atoms with Crippen molar-refractivity contribution in [3.63, 3.8) is 0 Å². The summed E-state index contributed by atoms with van der Waals surface area (Å²) in [5.41, 5.74) is 1.28. The third kappa shape index (κ3) is 7.47. The molecule has 0 bridgehead atoms. The summed E-state index contributed by atoms with van der Waals surface area (Å²) in [6.45, 7) is 0.233. The van der Waals surface area contributed by atoms with Crippen molar-refractivity contribution in [3.05, 3.63) is 29.8 Å². The maximum Gasteiger partial charge on any atom is 0.322 e. The van der Waals surface area contributed by atoms with E-state index in [1.807, 2.05) is 0 Å². The van der Waals surface area contributed by atoms with Crippen LogP contribution in [-0.4, -0.2) is 53.3 Å². The summed E-state index contributed by atoms with van der Waals surface area (Å²) < 4.78 is 0. The summed E-state index contributed by atoms with van der Waals surface area (Å²) in [6, 6.07) is 6.73. The van der Waals surface area contributed by atoms with Crippen LogP contribution in [0.2, 0.25) is 0 Å². The molecule has 1 aromatic rings. The molecule has 0 atom stereocenters. The van der Waals surface area contributed by atoms with Gasteiger partial charge in [0.05, 0.1) is 13.0 Å². The van der Waals surface area contributed by atoms with E-state index in [1.165, 1.54) is 0 Å². The Bertz CT molecular complexity index is 687. The number of benzene rings is 1. The Kier molecular flexibility index (Phi) is 7.79. The van der Waals surface area contributed by atoms with E-state index in [0.29, 0.717) is 24.2 Å². The average Bonchev–Trinajstić information content (AvgIpc) is 2.61. The van der Waals surface area contributed by atoms with Crippen molar-refractivity contribution in [1.82, 2.24) is 10.2 Å². The second-order valence-corrected chi connectivity index (χ2v) is 6.57. The third-order valence-electron chi connectivity index (χ3n) is 4.30. The molecule has 1 aliphatic rings. The van der Waals surface area contributed by atoms with Crippen molar-refractivity contribution >= 4 is 29.4 Å². The van der Waals surface area contributed by atoms with Crippen LogP contribution in [0, 0.1) is 0 Å². The molecule has 0 saturated carbocycles. The normalized spacial score (nSPS) is 14.8. The van der Waals surface area contributed by atoms with Crippen molar-refractivity contribution in [2.75, 3.05) is 25.0 Å². The fourth-order valence-corrected chi connectivity index (χ4v) is 2.88. The molecule has 0 aliphatic carbocycles. The van der Waals surface area contributed by atoms with Gasteiger partial charge in [0.15, 0.2) is 0 Å². The molecule has 0 aromatic heterocycles. The van der Waals surface area contributed by atoms with Gasteiger partial charge in [-0.05, 0) is 30.5 Å². The van der Waals surface area contributed by atoms with Crippen LogP contribution in [0.25, 0.3) is 0 Å². The number of carboxylic acids is 1. The first-order valence-electron chi connectivity index (χ1n) is 9.09. The lowest BCUT2D eigenvalue weighted by molar-refractivity contribution is -0.137. The molecule has 0 radical (unpaired) electrons. The van der Waals surface area contributed by atoms with Crippen molar-refractivity contribution in [1.29, 1.82) is 0 Å². The summed E-state index contributed by atoms with van der Waals surface area (Å²) in [7, 11) is 0. The van der Waals surface area contributed by atoms with Gasteiger partial charge in [0, 0.05) is 18.7 Å². The number of rotatable bonds is 7. The Labute approximate surface area is 157 Å². The van der Waals surface area contributed by atoms with Gasteiger partial charge >= 0.3 is 5.97 Å². The molecule has 1 fully saturated rings. The van der Waals surface area contributed by atoms with Gasteiger partial charge in [-0.2, -0.15) is 0 Å². The second-order valence-electron chi connectivity index (χ2n) is 6.57. The molecule has 3 N–H and O–H groups in total. The van der Waals surface area contributed by atoms with Crippen molar-refractivity contribution in [3.8, 4) is 0 Å². The Morgan fingerprint density at radius 2 is 1.70 bits per heavy atom. The number of likely N-dealkylation sites (tertiary alicyclic amines) is 1. The highest BCUT2D eigenvalue weighted by atomic mass is 16.4. The highest BCUT2D eigenvalue weighted by molar-refractivity contribution is 5.94. The van der Waals surface area contributed by atoms with E-state index >= 15 is 0 Å². The zero-order valence-electron chi connectivity index (χ0n) is 15.2. The fourth-order valence-electron chi connectivity index (χ4n) is 2.88. The predicted molar refractivity (Wildman–Crippen MR) is 99.1 cm³/mol. The number of carbonyl (C=O) groups excluding carboxylic acids is 3. The Morgan fingerprint density at radius 3 is 2.41 bits per heavy atom. The van der Waals surface area contributed by atoms with E-state index in [4.69, 9.17) is 5.11 Å². The summed E-state index contributed by atoms with van der Waals surface area (Å²) >= 11 is 0. The second kappa shape index (κ2) is 10.3. The van der Waals surface area contributed by atoms with Gasteiger partial charge in [0.1, 0.15) is 6.54 Å². The molecule has 146 valence electrons. The lowest BCUT2D eigenvalue weighted by atomic mass is 10.1. The van der Waals surface area contributed by atoms with Crippen LogP contribution in [-0.2, 0) is 25.6 Å². The maximum atomic E-state index is 12.2. The molecule has 0 spiro atoms. The quantitative estimate of drug-likeness (QED) is 0.661. The SMILES string of the molecule is O=C(O)CNC(=O)Cc1ccc(NC(=O)CN2CCCCCCC2=O)cc1. The Hall–Kier alpha value is -2.90. The molecule has 0 unspecified atom stereocenters. The van der Waals surface area contributed by atoms with Crippen LogP contribution >= 0.6 is 0 Å². The van der Waals surface area contributed by atoms with Gasteiger partial charge in [-0.1, -0.05) is 25.0 Å². The monoisotopic (exact) mass is 375 g/mol. The van der Waals surface area contributed by atoms with Crippen molar-refractivity contribution < 1.29 is 24.3 Å². The zero-order chi connectivity index (χ0) is 19.6. The minimum atomic E-state index is -1.10. The number of anilines is 1. The van der Waals surface area contributed by atoms with E-state index in [1.54, 1.807) is 29.2 Å². The standard InChI is InChI=1S/C19H25N3O5/c23-16(20-12-19(26)27)11-14-6-8-15(9-7-14)21-17(24)13-22-10-4-2-1-3-5-18(22)25/h6-9H,1-5,10-13H2,(H,20,23)(H,21,24)(H,26,27). The molecule has 1 heterocycles. The van der Waals surface area contributed by atoms with Gasteiger partial charge in [-0.15, -0.1) is 0 Å². The van der Waals surface area contributed by atoms with Crippen LogP contribution in [0.5, 0.6) is 0 Å². The number of hydrogen-bond acceptors (Lipinski definition) is 4. The number of aliphatic carboxylic acids is 1. The average molecular weight is 375 g/mol. The van der Waals surface area contributed by atoms with Crippen LogP contribution in [0.1, 0.15) is 37.7 Å². The smallest absolute Gasteiger partial charge is 0.322 e. The van der Waals surface area contributed by atoms with Crippen LogP contribution in [0.4, 0.5) is 5.69 Å². The first-order valence-corrected chi connectivity index (χ1v) is 9.09. The molecule has 27 heavy (non-hydrogen) atoms. The minimum absolute atomic E-state index is 0.0209. The highest BCUT2D eigenvalue weighted by Crippen LogP contribution is 2.13. The number of carbonyl (C=O) groups is 4. The third-order valence-corrected chi connectivity index (χ3v) is 4.30. The minimum Gasteiger partial charge on any atom is -0.480 e. The van der Waals surface area contributed by atoms with Crippen LogP contribution in [0.3, 0.4) is 0 Å². The molecule has 3 amide bonds. The summed E-state index contributed by atoms with van der Waals surface area (Å²) in [5.74, 6) is -1.71. The number of carboxylic acid groups (broad SMARTS) is 1. The molecule has 8 heteroatoms. The molecular formula is C19H25N3O5. The predicted octanol–water partition coefficient (Wildman–Crippen LogP) is 1.16. The highest BCUT2D eigenvalue weighted by Gasteiger charge is 2.18. The summed E-state index contributed by atoms with van der Waals surface area (Å²) in [4.78, 5) is 47.9. The largest absolute Gasteiger partial charge is 0.480 e. The Morgan fingerprint density at radius 1 is 1.00 bits per heavy atom. The number of amides is 3. The van der Waals surface area contributed by atoms with Gasteiger partial charge < -0.3 is 20.6 Å². The topological polar surface area (TPSA) is 116 Å². The van der Waals surface area contributed by atoms with E-state index in [0.717, 1.165) is 25.7 Å². The first-order chi connectivity index (χ1) is 12.9. The fraction of sp³-hybridized carbons (Fsp3) is 0.474. The lowest BCUT2D eigenvalue weighted by Gasteiger charge is -2.24. The molecule has 8 nitrogen and oxygen atoms in total. The molecular weight excluding hydrogens is 350 g/mol. The Balaban J connectivity index is 1.82. The number of nitrogens with zero attached hydrogens (tertiary/aromatic N) is 1. The van der Waals surface area contributed by atoms with E-state index < -0.39 is 12.5 Å². The molecule has 1 aromatic carbocycles. The molecule has 2 rings (SSSR count). The summed E-state index contributed by atoms with van der Waals surface area (Å²) in [5, 5.41) is 13.6. The number of hydrogen-bond donors (Lipinski definition) is 3. The first kappa shape index (κ1) is 20.4. The maximum absolute atomic E-state index is 12.2.